The maximum Gasteiger partial charge on any atom is 0.258 e. The van der Waals surface area contributed by atoms with Crippen LogP contribution in [-0.4, -0.2) is 49.0 Å². The summed E-state index contributed by atoms with van der Waals surface area (Å²) in [5.74, 6) is 0.907. The molecule has 2 aromatic heterocycles. The van der Waals surface area contributed by atoms with Gasteiger partial charge in [0, 0.05) is 13.2 Å². The average Bonchev–Trinajstić information content (AvgIpc) is 2.96. The zero-order valence-corrected chi connectivity index (χ0v) is 12.2. The van der Waals surface area contributed by atoms with Crippen LogP contribution in [0.1, 0.15) is 26.7 Å². The van der Waals surface area contributed by atoms with Crippen molar-refractivity contribution < 1.29 is 4.74 Å². The van der Waals surface area contributed by atoms with Crippen LogP contribution in [0.15, 0.2) is 12.7 Å². The Morgan fingerprint density at radius 1 is 1.29 bits per heavy atom. The average molecular weight is 292 g/mol. The van der Waals surface area contributed by atoms with Crippen LogP contribution < -0.4 is 11.1 Å². The number of hydrogen-bond donors (Lipinski definition) is 2. The minimum absolute atomic E-state index is 0.140. The molecule has 0 aliphatic rings. The highest BCUT2D eigenvalue weighted by molar-refractivity contribution is 5.34. The standard InChI is InChI=1S/C12H20N8O/c1-9(2)21-6-4-3-5-15-11-17-10(13)18-12(19-11)20-8-14-7-16-20/h7-9H,3-6H2,1-2H3,(H3,13,15,17,18,19). The number of hydrogen-bond acceptors (Lipinski definition) is 8. The van der Waals surface area contributed by atoms with Crippen molar-refractivity contribution in [3.8, 4) is 5.95 Å². The Kier molecular flexibility index (Phi) is 5.38. The molecule has 0 fully saturated rings. The monoisotopic (exact) mass is 292 g/mol. The molecule has 0 aliphatic heterocycles. The van der Waals surface area contributed by atoms with Crippen LogP contribution in [-0.2, 0) is 4.74 Å². The summed E-state index contributed by atoms with van der Waals surface area (Å²) in [5, 5.41) is 7.08. The molecule has 0 aliphatic carbocycles. The van der Waals surface area contributed by atoms with E-state index in [4.69, 9.17) is 10.5 Å². The molecule has 0 atom stereocenters. The number of nitrogens with zero attached hydrogens (tertiary/aromatic N) is 6. The Hall–Kier alpha value is -2.29. The van der Waals surface area contributed by atoms with Crippen molar-refractivity contribution in [3.05, 3.63) is 12.7 Å². The summed E-state index contributed by atoms with van der Waals surface area (Å²) in [7, 11) is 0. The van der Waals surface area contributed by atoms with E-state index in [0.717, 1.165) is 26.0 Å². The van der Waals surface area contributed by atoms with E-state index in [2.05, 4.69) is 30.4 Å². The smallest absolute Gasteiger partial charge is 0.258 e. The van der Waals surface area contributed by atoms with Gasteiger partial charge in [0.1, 0.15) is 12.7 Å². The lowest BCUT2D eigenvalue weighted by atomic mass is 10.3. The first-order chi connectivity index (χ1) is 10.1. The molecule has 0 amide bonds. The molecule has 0 bridgehead atoms. The fraction of sp³-hybridized carbons (Fsp3) is 0.583. The van der Waals surface area contributed by atoms with E-state index in [1.807, 2.05) is 13.8 Å². The van der Waals surface area contributed by atoms with Gasteiger partial charge in [0.2, 0.25) is 11.9 Å². The molecule has 0 unspecified atom stereocenters. The van der Waals surface area contributed by atoms with E-state index in [1.165, 1.54) is 17.3 Å². The van der Waals surface area contributed by atoms with Gasteiger partial charge in [0.05, 0.1) is 6.10 Å². The normalized spacial score (nSPS) is 11.0. The molecule has 0 radical (unpaired) electrons. The van der Waals surface area contributed by atoms with Crippen LogP contribution in [0, 0.1) is 0 Å². The number of nitrogen functional groups attached to an aromatic ring is 1. The molecule has 2 rings (SSSR count). The van der Waals surface area contributed by atoms with Gasteiger partial charge in [-0.3, -0.25) is 0 Å². The quantitative estimate of drug-likeness (QED) is 0.681. The van der Waals surface area contributed by atoms with E-state index in [-0.39, 0.29) is 12.1 Å². The van der Waals surface area contributed by atoms with E-state index in [1.54, 1.807) is 0 Å². The van der Waals surface area contributed by atoms with Gasteiger partial charge in [0.15, 0.2) is 0 Å². The second-order valence-electron chi connectivity index (χ2n) is 4.71. The fourth-order valence-corrected chi connectivity index (χ4v) is 1.62. The molecule has 21 heavy (non-hydrogen) atoms. The van der Waals surface area contributed by atoms with E-state index < -0.39 is 0 Å². The number of anilines is 2. The predicted octanol–water partition coefficient (Wildman–Crippen LogP) is 0.652. The lowest BCUT2D eigenvalue weighted by Crippen LogP contribution is -2.13. The van der Waals surface area contributed by atoms with Crippen LogP contribution in [0.4, 0.5) is 11.9 Å². The van der Waals surface area contributed by atoms with Gasteiger partial charge in [-0.05, 0) is 26.7 Å². The lowest BCUT2D eigenvalue weighted by Gasteiger charge is -2.08. The summed E-state index contributed by atoms with van der Waals surface area (Å²) in [6.07, 6.45) is 5.11. The van der Waals surface area contributed by atoms with Crippen molar-refractivity contribution in [2.45, 2.75) is 32.8 Å². The molecule has 3 N–H and O–H groups in total. The Labute approximate surface area is 123 Å². The summed E-state index contributed by atoms with van der Waals surface area (Å²) in [4.78, 5) is 16.1. The molecule has 0 spiro atoms. The Morgan fingerprint density at radius 3 is 2.86 bits per heavy atom. The number of unbranched alkanes of at least 4 members (excludes halogenated alkanes) is 1. The SMILES string of the molecule is CC(C)OCCCCNc1nc(N)nc(-n2cncn2)n1. The minimum Gasteiger partial charge on any atom is -0.379 e. The molecule has 0 saturated heterocycles. The van der Waals surface area contributed by atoms with Gasteiger partial charge < -0.3 is 15.8 Å². The first-order valence-electron chi connectivity index (χ1n) is 6.87. The highest BCUT2D eigenvalue weighted by atomic mass is 16.5. The van der Waals surface area contributed by atoms with Crippen LogP contribution in [0.3, 0.4) is 0 Å². The van der Waals surface area contributed by atoms with Crippen molar-refractivity contribution in [3.63, 3.8) is 0 Å². The van der Waals surface area contributed by atoms with E-state index in [0.29, 0.717) is 11.9 Å². The fourth-order valence-electron chi connectivity index (χ4n) is 1.62. The Morgan fingerprint density at radius 2 is 2.14 bits per heavy atom. The molecular formula is C12H20N8O. The van der Waals surface area contributed by atoms with Gasteiger partial charge in [0.25, 0.3) is 5.95 Å². The number of nitrogens with two attached hydrogens (primary N) is 1. The van der Waals surface area contributed by atoms with Gasteiger partial charge in [-0.15, -0.1) is 0 Å². The number of aromatic nitrogens is 6. The molecule has 2 aromatic rings. The van der Waals surface area contributed by atoms with E-state index >= 15 is 0 Å². The largest absolute Gasteiger partial charge is 0.379 e. The zero-order valence-electron chi connectivity index (χ0n) is 12.2. The summed E-state index contributed by atoms with van der Waals surface area (Å²) < 4.78 is 6.90. The van der Waals surface area contributed by atoms with Crippen LogP contribution in [0.5, 0.6) is 0 Å². The second kappa shape index (κ2) is 7.48. The third-order valence-corrected chi connectivity index (χ3v) is 2.57. The summed E-state index contributed by atoms with van der Waals surface area (Å²) in [6.45, 7) is 5.54. The maximum absolute atomic E-state index is 5.67. The third-order valence-electron chi connectivity index (χ3n) is 2.57. The van der Waals surface area contributed by atoms with E-state index in [9.17, 15) is 0 Å². The van der Waals surface area contributed by atoms with Gasteiger partial charge in [-0.1, -0.05) is 0 Å². The molecular weight excluding hydrogens is 272 g/mol. The van der Waals surface area contributed by atoms with Crippen molar-refractivity contribution in [1.29, 1.82) is 0 Å². The van der Waals surface area contributed by atoms with Gasteiger partial charge >= 0.3 is 0 Å². The minimum atomic E-state index is 0.140. The van der Waals surface area contributed by atoms with Crippen molar-refractivity contribution >= 4 is 11.9 Å². The highest BCUT2D eigenvalue weighted by Gasteiger charge is 2.06. The second-order valence-corrected chi connectivity index (χ2v) is 4.71. The number of ether oxygens (including phenoxy) is 1. The van der Waals surface area contributed by atoms with Gasteiger partial charge in [-0.2, -0.15) is 24.7 Å². The molecule has 0 saturated carbocycles. The Bertz CT molecular complexity index is 542. The summed E-state index contributed by atoms with van der Waals surface area (Å²) in [6, 6.07) is 0. The topological polar surface area (TPSA) is 117 Å². The summed E-state index contributed by atoms with van der Waals surface area (Å²) in [5.41, 5.74) is 5.67. The maximum atomic E-state index is 5.67. The Balaban J connectivity index is 1.83. The summed E-state index contributed by atoms with van der Waals surface area (Å²) >= 11 is 0. The number of rotatable bonds is 8. The van der Waals surface area contributed by atoms with Crippen molar-refractivity contribution in [2.24, 2.45) is 0 Å². The molecule has 9 heteroatoms. The first-order valence-corrected chi connectivity index (χ1v) is 6.87. The van der Waals surface area contributed by atoms with Crippen LogP contribution >= 0.6 is 0 Å². The zero-order chi connectivity index (χ0) is 15.1. The molecule has 9 nitrogen and oxygen atoms in total. The van der Waals surface area contributed by atoms with Crippen molar-refractivity contribution in [2.75, 3.05) is 24.2 Å². The molecule has 2 heterocycles. The van der Waals surface area contributed by atoms with Gasteiger partial charge in [-0.25, -0.2) is 4.98 Å². The molecule has 114 valence electrons. The van der Waals surface area contributed by atoms with Crippen LogP contribution in [0.2, 0.25) is 0 Å². The number of nitrogens with one attached hydrogen (secondary N) is 1. The van der Waals surface area contributed by atoms with Crippen LogP contribution in [0.25, 0.3) is 5.95 Å². The first kappa shape index (κ1) is 15.1. The van der Waals surface area contributed by atoms with Crippen molar-refractivity contribution in [1.82, 2.24) is 29.7 Å². The third kappa shape index (κ3) is 4.95. The molecule has 0 aromatic carbocycles. The highest BCUT2D eigenvalue weighted by Crippen LogP contribution is 2.06. The lowest BCUT2D eigenvalue weighted by molar-refractivity contribution is 0.0765. The predicted molar refractivity (Wildman–Crippen MR) is 78.0 cm³/mol.